The second-order valence-electron chi connectivity index (χ2n) is 2.44. The van der Waals surface area contributed by atoms with E-state index in [0.29, 0.717) is 5.57 Å². The quantitative estimate of drug-likeness (QED) is 0.654. The van der Waals surface area contributed by atoms with Crippen molar-refractivity contribution in [2.45, 2.75) is 0 Å². The van der Waals surface area contributed by atoms with Crippen molar-refractivity contribution in [1.82, 2.24) is 5.32 Å². The molecule has 0 aliphatic rings. The molecule has 0 aliphatic heterocycles. The van der Waals surface area contributed by atoms with E-state index in [1.54, 1.807) is 6.08 Å². The predicted octanol–water partition coefficient (Wildman–Crippen LogP) is 0.550. The molecule has 0 bridgehead atoms. The molecule has 0 aliphatic carbocycles. The maximum absolute atomic E-state index is 10.7. The minimum Gasteiger partial charge on any atom is -0.445 e. The van der Waals surface area contributed by atoms with E-state index in [1.165, 1.54) is 13.1 Å². The molecule has 0 saturated carbocycles. The number of hydrogen-bond donors (Lipinski definition) is 2. The van der Waals surface area contributed by atoms with Crippen LogP contribution in [-0.4, -0.2) is 32.4 Å². The number of hydrogen-bond acceptors (Lipinski definition) is 4. The largest absolute Gasteiger partial charge is 0.445 e. The first-order valence-electron chi connectivity index (χ1n) is 4.18. The van der Waals surface area contributed by atoms with Gasteiger partial charge >= 0.3 is 12.2 Å². The molecule has 0 aromatic heterocycles. The summed E-state index contributed by atoms with van der Waals surface area (Å²) < 4.78 is 9.21. The highest BCUT2D eigenvalue weighted by Gasteiger charge is 1.98. The van der Waals surface area contributed by atoms with Gasteiger partial charge in [-0.1, -0.05) is 12.7 Å². The first-order chi connectivity index (χ1) is 7.10. The Bertz CT molecular complexity index is 273. The number of nitrogens with two attached hydrogens (primary N) is 1. The topological polar surface area (TPSA) is 90.7 Å². The number of ether oxygens (including phenoxy) is 2. The Morgan fingerprint density at radius 2 is 2.13 bits per heavy atom. The van der Waals surface area contributed by atoms with Crippen LogP contribution in [0.4, 0.5) is 9.59 Å². The molecular formula is C9H14N2O4. The summed E-state index contributed by atoms with van der Waals surface area (Å²) in [4.78, 5) is 20.9. The van der Waals surface area contributed by atoms with E-state index in [1.807, 2.05) is 0 Å². The average Bonchev–Trinajstić information content (AvgIpc) is 2.22. The fourth-order valence-electron chi connectivity index (χ4n) is 0.652. The maximum Gasteiger partial charge on any atom is 0.407 e. The Balaban J connectivity index is 3.94. The second kappa shape index (κ2) is 7.43. The summed E-state index contributed by atoms with van der Waals surface area (Å²) in [5.41, 5.74) is 5.38. The molecule has 3 N–H and O–H groups in total. The maximum atomic E-state index is 10.7. The number of carbonyl (C=O) groups excluding carboxylic acids is 2. The van der Waals surface area contributed by atoms with Gasteiger partial charge in [-0.25, -0.2) is 9.59 Å². The third kappa shape index (κ3) is 7.12. The lowest BCUT2D eigenvalue weighted by Crippen LogP contribution is -2.19. The fraction of sp³-hybridized carbons (Fsp3) is 0.333. The van der Waals surface area contributed by atoms with Crippen molar-refractivity contribution in [2.75, 3.05) is 20.3 Å². The van der Waals surface area contributed by atoms with Crippen molar-refractivity contribution in [1.29, 1.82) is 0 Å². The van der Waals surface area contributed by atoms with Gasteiger partial charge in [0.25, 0.3) is 0 Å². The van der Waals surface area contributed by atoms with E-state index in [0.717, 1.165) is 0 Å². The lowest BCUT2D eigenvalue weighted by atomic mass is 10.3. The van der Waals surface area contributed by atoms with Gasteiger partial charge in [0.15, 0.2) is 0 Å². The van der Waals surface area contributed by atoms with Crippen LogP contribution < -0.4 is 11.1 Å². The summed E-state index contributed by atoms with van der Waals surface area (Å²) in [6.45, 7) is 3.58. The van der Waals surface area contributed by atoms with Gasteiger partial charge < -0.3 is 20.5 Å². The molecule has 6 heteroatoms. The first-order valence-corrected chi connectivity index (χ1v) is 4.18. The smallest absolute Gasteiger partial charge is 0.407 e. The van der Waals surface area contributed by atoms with Crippen molar-refractivity contribution in [3.05, 3.63) is 24.3 Å². The van der Waals surface area contributed by atoms with Crippen LogP contribution in [0.15, 0.2) is 24.3 Å². The number of amides is 2. The molecule has 84 valence electrons. The lowest BCUT2D eigenvalue weighted by Gasteiger charge is -2.03. The van der Waals surface area contributed by atoms with Crippen LogP contribution in [-0.2, 0) is 9.47 Å². The van der Waals surface area contributed by atoms with E-state index in [-0.39, 0.29) is 13.2 Å². The summed E-state index contributed by atoms with van der Waals surface area (Å²) in [7, 11) is 1.46. The molecule has 0 aromatic rings. The molecular weight excluding hydrogens is 200 g/mol. The molecule has 0 unspecified atom stereocenters. The standard InChI is InChI=1S/C9H14N2O4/c1-3-7(6-15-8(10)12)4-5-14-9(13)11-2/h3-4H,1,5-6H2,2H3,(H2,10,12)(H,11,13)/b7-4-. The minimum absolute atomic E-state index is 0.00986. The third-order valence-corrected chi connectivity index (χ3v) is 1.41. The Hall–Kier alpha value is -1.98. The fourth-order valence-corrected chi connectivity index (χ4v) is 0.652. The van der Waals surface area contributed by atoms with Crippen molar-refractivity contribution in [3.8, 4) is 0 Å². The van der Waals surface area contributed by atoms with Gasteiger partial charge in [-0.15, -0.1) is 0 Å². The Labute approximate surface area is 87.7 Å². The molecule has 6 nitrogen and oxygen atoms in total. The van der Waals surface area contributed by atoms with Crippen molar-refractivity contribution < 1.29 is 19.1 Å². The zero-order valence-corrected chi connectivity index (χ0v) is 8.49. The summed E-state index contributed by atoms with van der Waals surface area (Å²) >= 11 is 0. The lowest BCUT2D eigenvalue weighted by molar-refractivity contribution is 0.158. The number of carbonyl (C=O) groups is 2. The summed E-state index contributed by atoms with van der Waals surface area (Å²) in [5.74, 6) is 0. The molecule has 15 heavy (non-hydrogen) atoms. The Morgan fingerprint density at radius 1 is 1.47 bits per heavy atom. The number of alkyl carbamates (subject to hydrolysis) is 1. The van der Waals surface area contributed by atoms with E-state index in [2.05, 4.69) is 21.4 Å². The molecule has 0 rings (SSSR count). The summed E-state index contributed by atoms with van der Waals surface area (Å²) in [5, 5.41) is 2.29. The molecule has 0 saturated heterocycles. The molecule has 0 aromatic carbocycles. The van der Waals surface area contributed by atoms with E-state index in [9.17, 15) is 9.59 Å². The van der Waals surface area contributed by atoms with Crippen molar-refractivity contribution in [3.63, 3.8) is 0 Å². The van der Waals surface area contributed by atoms with Crippen LogP contribution in [0.2, 0.25) is 0 Å². The minimum atomic E-state index is -0.866. The van der Waals surface area contributed by atoms with Gasteiger partial charge in [-0.05, 0) is 11.6 Å². The highest BCUT2D eigenvalue weighted by atomic mass is 16.6. The summed E-state index contributed by atoms with van der Waals surface area (Å²) in [6.07, 6.45) is 1.64. The van der Waals surface area contributed by atoms with Crippen LogP contribution in [0.25, 0.3) is 0 Å². The van der Waals surface area contributed by atoms with E-state index in [4.69, 9.17) is 5.73 Å². The van der Waals surface area contributed by atoms with Crippen LogP contribution in [0, 0.1) is 0 Å². The van der Waals surface area contributed by atoms with Crippen LogP contribution >= 0.6 is 0 Å². The highest BCUT2D eigenvalue weighted by Crippen LogP contribution is 1.97. The number of rotatable bonds is 5. The number of nitrogens with one attached hydrogen (secondary N) is 1. The second-order valence-corrected chi connectivity index (χ2v) is 2.44. The van der Waals surface area contributed by atoms with Crippen LogP contribution in [0.5, 0.6) is 0 Å². The number of primary amides is 1. The SMILES string of the molecule is C=C/C(=C/COC(=O)NC)COC(N)=O. The summed E-state index contributed by atoms with van der Waals surface area (Å²) in [6, 6.07) is 0. The van der Waals surface area contributed by atoms with Gasteiger partial charge in [-0.3, -0.25) is 0 Å². The molecule has 0 heterocycles. The highest BCUT2D eigenvalue weighted by molar-refractivity contribution is 5.66. The predicted molar refractivity (Wildman–Crippen MR) is 54.2 cm³/mol. The van der Waals surface area contributed by atoms with Crippen LogP contribution in [0.1, 0.15) is 0 Å². The third-order valence-electron chi connectivity index (χ3n) is 1.41. The Kier molecular flexibility index (Phi) is 6.45. The molecule has 2 amide bonds. The zero-order chi connectivity index (χ0) is 11.7. The zero-order valence-electron chi connectivity index (χ0n) is 8.49. The van der Waals surface area contributed by atoms with E-state index < -0.39 is 12.2 Å². The molecule has 0 atom stereocenters. The van der Waals surface area contributed by atoms with Gasteiger partial charge in [0, 0.05) is 7.05 Å². The normalized spacial score (nSPS) is 10.3. The van der Waals surface area contributed by atoms with Crippen molar-refractivity contribution >= 4 is 12.2 Å². The van der Waals surface area contributed by atoms with Gasteiger partial charge in [0.05, 0.1) is 0 Å². The molecule has 0 spiro atoms. The van der Waals surface area contributed by atoms with Crippen LogP contribution in [0.3, 0.4) is 0 Å². The Morgan fingerprint density at radius 3 is 2.60 bits per heavy atom. The molecule has 0 fully saturated rings. The van der Waals surface area contributed by atoms with E-state index >= 15 is 0 Å². The van der Waals surface area contributed by atoms with Gasteiger partial charge in [-0.2, -0.15) is 0 Å². The monoisotopic (exact) mass is 214 g/mol. The van der Waals surface area contributed by atoms with Gasteiger partial charge in [0.1, 0.15) is 13.2 Å². The average molecular weight is 214 g/mol. The molecule has 0 radical (unpaired) electrons. The van der Waals surface area contributed by atoms with Gasteiger partial charge in [0.2, 0.25) is 0 Å². The first kappa shape index (κ1) is 13.0. The van der Waals surface area contributed by atoms with Crippen molar-refractivity contribution in [2.24, 2.45) is 5.73 Å².